The number of hydrogen-bond acceptors (Lipinski definition) is 7. The highest BCUT2D eigenvalue weighted by Crippen LogP contribution is 2.32. The smallest absolute Gasteiger partial charge is 0.359 e. The van der Waals surface area contributed by atoms with E-state index in [-0.39, 0.29) is 17.2 Å². The lowest BCUT2D eigenvalue weighted by molar-refractivity contribution is 0.323. The predicted molar refractivity (Wildman–Crippen MR) is 159 cm³/mol. The molecule has 2 aromatic heterocycles. The highest BCUT2D eigenvalue weighted by Gasteiger charge is 2.21. The largest absolute Gasteiger partial charge is 0.497 e. The number of methoxy groups -OCH3 is 1. The number of ether oxygens (including phenoxy) is 2. The maximum atomic E-state index is 14.9. The molecular weight excluding hydrogens is 575 g/mol. The normalized spacial score (nSPS) is 13.9. The Labute approximate surface area is 248 Å². The Bertz CT molecular complexity index is 2030. The van der Waals surface area contributed by atoms with Crippen molar-refractivity contribution >= 4 is 22.4 Å². The van der Waals surface area contributed by atoms with Gasteiger partial charge in [-0.25, -0.2) is 27.3 Å². The number of aromatic nitrogens is 4. The van der Waals surface area contributed by atoms with Crippen molar-refractivity contribution in [2.45, 2.75) is 25.8 Å². The van der Waals surface area contributed by atoms with E-state index in [0.717, 1.165) is 14.7 Å². The zero-order valence-electron chi connectivity index (χ0n) is 23.5. The summed E-state index contributed by atoms with van der Waals surface area (Å²) in [7, 11) is 1.50. The summed E-state index contributed by atoms with van der Waals surface area (Å²) in [6.07, 6.45) is 8.96. The Morgan fingerprint density at radius 1 is 0.977 bits per heavy atom. The summed E-state index contributed by atoms with van der Waals surface area (Å²) in [5, 5.41) is 4.29. The van der Waals surface area contributed by atoms with Crippen molar-refractivity contribution in [3.8, 4) is 17.2 Å². The number of hydrogen-bond donors (Lipinski definition) is 1. The van der Waals surface area contributed by atoms with Crippen molar-refractivity contribution in [1.82, 2.24) is 19.1 Å². The van der Waals surface area contributed by atoms with Crippen LogP contribution in [0.2, 0.25) is 0 Å². The van der Waals surface area contributed by atoms with E-state index in [1.54, 1.807) is 24.4 Å². The van der Waals surface area contributed by atoms with Crippen LogP contribution in [0.15, 0.2) is 82.7 Å². The molecule has 2 bridgehead atoms. The van der Waals surface area contributed by atoms with Crippen LogP contribution in [-0.4, -0.2) is 32.8 Å². The van der Waals surface area contributed by atoms with Crippen LogP contribution in [0.25, 0.3) is 16.5 Å². The molecular formula is C32H26F3N5O4. The van der Waals surface area contributed by atoms with Crippen LogP contribution >= 0.6 is 0 Å². The summed E-state index contributed by atoms with van der Waals surface area (Å²) in [5.74, 6) is -3.18. The molecule has 0 saturated carbocycles. The first-order valence-corrected chi connectivity index (χ1v) is 13.8. The number of anilines is 2. The molecule has 0 amide bonds. The van der Waals surface area contributed by atoms with E-state index < -0.39 is 35.4 Å². The number of nitrogens with zero attached hydrogens (tertiary/aromatic N) is 4. The zero-order chi connectivity index (χ0) is 30.8. The van der Waals surface area contributed by atoms with Gasteiger partial charge in [0.2, 0.25) is 5.95 Å². The molecule has 2 aliphatic heterocycles. The van der Waals surface area contributed by atoms with Gasteiger partial charge in [0.25, 0.3) is 0 Å². The predicted octanol–water partition coefficient (Wildman–Crippen LogP) is 5.43. The van der Waals surface area contributed by atoms with E-state index in [4.69, 9.17) is 9.47 Å². The third kappa shape index (κ3) is 5.53. The van der Waals surface area contributed by atoms with Gasteiger partial charge >= 0.3 is 11.4 Å². The van der Waals surface area contributed by atoms with Crippen LogP contribution in [-0.2, 0) is 13.0 Å². The van der Waals surface area contributed by atoms with Gasteiger partial charge in [-0.15, -0.1) is 0 Å². The summed E-state index contributed by atoms with van der Waals surface area (Å²) < 4.78 is 56.0. The molecule has 44 heavy (non-hydrogen) atoms. The fourth-order valence-electron chi connectivity index (χ4n) is 5.15. The molecule has 0 unspecified atom stereocenters. The number of fused-ring (bicyclic) bond motifs is 7. The third-order valence-corrected chi connectivity index (χ3v) is 7.30. The van der Waals surface area contributed by atoms with E-state index >= 15 is 0 Å². The average molecular weight is 602 g/mol. The molecule has 5 aromatic rings. The number of halogens is 3. The molecule has 9 nitrogen and oxygen atoms in total. The minimum absolute atomic E-state index is 0.188. The lowest BCUT2D eigenvalue weighted by atomic mass is 10.0. The quantitative estimate of drug-likeness (QED) is 0.217. The van der Waals surface area contributed by atoms with Crippen molar-refractivity contribution in [3.63, 3.8) is 0 Å². The SMILES string of the molecule is COc1ccc2c(c1)OCC/C=C/CCc1cccc3cncc(c13)-n1c(=O)nc(n(Cc3cc(F)c(F)cc3F)c1=O)N2. The van der Waals surface area contributed by atoms with Crippen molar-refractivity contribution < 1.29 is 22.6 Å². The molecule has 2 aliphatic rings. The van der Waals surface area contributed by atoms with Gasteiger partial charge in [-0.2, -0.15) is 4.98 Å². The Kier molecular flexibility index (Phi) is 7.88. The third-order valence-electron chi connectivity index (χ3n) is 7.30. The van der Waals surface area contributed by atoms with Gasteiger partial charge < -0.3 is 14.8 Å². The van der Waals surface area contributed by atoms with Gasteiger partial charge in [-0.3, -0.25) is 9.55 Å². The number of nitrogens with one attached hydrogen (secondary N) is 1. The van der Waals surface area contributed by atoms with E-state index in [2.05, 4.69) is 15.3 Å². The molecule has 0 saturated heterocycles. The van der Waals surface area contributed by atoms with Gasteiger partial charge in [0, 0.05) is 34.7 Å². The minimum atomic E-state index is -1.37. The zero-order valence-corrected chi connectivity index (χ0v) is 23.5. The number of rotatable bonds is 3. The summed E-state index contributed by atoms with van der Waals surface area (Å²) in [6.45, 7) is -0.275. The number of aryl methyl sites for hydroxylation is 1. The fourth-order valence-corrected chi connectivity index (χ4v) is 5.15. The summed E-state index contributed by atoms with van der Waals surface area (Å²) in [5.41, 5.74) is -0.771. The minimum Gasteiger partial charge on any atom is -0.497 e. The molecule has 0 aliphatic carbocycles. The van der Waals surface area contributed by atoms with Crippen LogP contribution in [0.5, 0.6) is 11.5 Å². The van der Waals surface area contributed by atoms with Gasteiger partial charge in [-0.1, -0.05) is 30.4 Å². The molecule has 0 radical (unpaired) electrons. The fraction of sp³-hybridized carbons (Fsp3) is 0.188. The van der Waals surface area contributed by atoms with Gasteiger partial charge in [0.05, 0.1) is 37.8 Å². The molecule has 7 rings (SSSR count). The summed E-state index contributed by atoms with van der Waals surface area (Å²) in [6, 6.07) is 11.5. The molecule has 224 valence electrons. The number of benzene rings is 3. The maximum Gasteiger partial charge on any atom is 0.359 e. The summed E-state index contributed by atoms with van der Waals surface area (Å²) in [4.78, 5) is 36.3. The second-order valence-electron chi connectivity index (χ2n) is 10.1. The molecule has 4 heterocycles. The first kappa shape index (κ1) is 28.7. The summed E-state index contributed by atoms with van der Waals surface area (Å²) >= 11 is 0. The van der Waals surface area contributed by atoms with Crippen molar-refractivity contribution in [3.05, 3.63) is 123 Å². The average Bonchev–Trinajstić information content (AvgIpc) is 3.01. The topological polar surface area (TPSA) is 100 Å². The number of allylic oxidation sites excluding steroid dienone is 1. The van der Waals surface area contributed by atoms with E-state index in [1.165, 1.54) is 13.3 Å². The Morgan fingerprint density at radius 2 is 1.80 bits per heavy atom. The lowest BCUT2D eigenvalue weighted by Crippen LogP contribution is -2.42. The van der Waals surface area contributed by atoms with E-state index in [0.29, 0.717) is 66.0 Å². The van der Waals surface area contributed by atoms with Gasteiger partial charge in [-0.05, 0) is 43.0 Å². The molecule has 3 aromatic carbocycles. The second kappa shape index (κ2) is 12.1. The van der Waals surface area contributed by atoms with Crippen LogP contribution in [0.1, 0.15) is 24.0 Å². The molecule has 0 fully saturated rings. The molecule has 0 atom stereocenters. The highest BCUT2D eigenvalue weighted by atomic mass is 19.2. The van der Waals surface area contributed by atoms with E-state index in [1.807, 2.05) is 30.4 Å². The Balaban J connectivity index is 1.62. The first-order chi connectivity index (χ1) is 21.3. The first-order valence-electron chi connectivity index (χ1n) is 13.8. The van der Waals surface area contributed by atoms with Crippen LogP contribution in [0.4, 0.5) is 24.8 Å². The lowest BCUT2D eigenvalue weighted by Gasteiger charge is -2.19. The monoisotopic (exact) mass is 601 g/mol. The molecule has 0 spiro atoms. The van der Waals surface area contributed by atoms with Crippen molar-refractivity contribution in [1.29, 1.82) is 0 Å². The Morgan fingerprint density at radius 3 is 2.64 bits per heavy atom. The van der Waals surface area contributed by atoms with Gasteiger partial charge in [0.1, 0.15) is 17.3 Å². The number of pyridine rings is 1. The highest BCUT2D eigenvalue weighted by molar-refractivity contribution is 5.92. The Hall–Kier alpha value is -5.39. The molecule has 12 heteroatoms. The molecule has 1 N–H and O–H groups in total. The maximum absolute atomic E-state index is 14.9. The van der Waals surface area contributed by atoms with Crippen LogP contribution in [0.3, 0.4) is 0 Å². The van der Waals surface area contributed by atoms with Crippen LogP contribution in [0, 0.1) is 17.5 Å². The van der Waals surface area contributed by atoms with Crippen molar-refractivity contribution in [2.75, 3.05) is 19.0 Å². The van der Waals surface area contributed by atoms with E-state index in [9.17, 15) is 22.8 Å². The standard InChI is InChI=1S/C32H26F3N5O4/c1-43-22-10-11-26-28(14-22)44-12-5-3-2-4-7-19-8-6-9-20-16-36-17-27(29(19)20)40-31(41)38-30(37-26)39(32(40)42)18-21-13-24(34)25(35)15-23(21)33/h2-3,6,8-11,13-17H,4-5,7,12,18H2,1H3,(H,37,38,41)/b3-2+. The van der Waals surface area contributed by atoms with Crippen molar-refractivity contribution in [2.24, 2.45) is 0 Å². The van der Waals surface area contributed by atoms with Gasteiger partial charge in [0.15, 0.2) is 11.6 Å². The van der Waals surface area contributed by atoms with Crippen LogP contribution < -0.4 is 26.2 Å². The second-order valence-corrected chi connectivity index (χ2v) is 10.1.